The molecule has 0 aliphatic carbocycles. The highest BCUT2D eigenvalue weighted by Gasteiger charge is 2.23. The van der Waals surface area contributed by atoms with Gasteiger partial charge in [-0.25, -0.2) is 4.39 Å². The molecule has 1 aromatic carbocycles. The molecule has 1 amide bonds. The summed E-state index contributed by atoms with van der Waals surface area (Å²) in [5, 5.41) is 11.7. The average Bonchev–Trinajstić information content (AvgIpc) is 2.67. The number of morpholine rings is 1. The van der Waals surface area contributed by atoms with Crippen molar-refractivity contribution in [2.75, 3.05) is 31.6 Å². The molecule has 3 rings (SSSR count). The molecule has 0 saturated carbocycles. The third-order valence-electron chi connectivity index (χ3n) is 4.60. The molecule has 1 aliphatic heterocycles. The molecule has 0 bridgehead atoms. The average molecular weight is 358 g/mol. The van der Waals surface area contributed by atoms with Crippen LogP contribution in [0.15, 0.2) is 36.4 Å². The fourth-order valence-corrected chi connectivity index (χ4v) is 2.87. The minimum absolute atomic E-state index is 0.189. The van der Waals surface area contributed by atoms with E-state index in [2.05, 4.69) is 29.4 Å². The Morgan fingerprint density at radius 1 is 1.27 bits per heavy atom. The molecule has 1 saturated heterocycles. The van der Waals surface area contributed by atoms with Gasteiger partial charge in [-0.05, 0) is 29.8 Å². The van der Waals surface area contributed by atoms with Gasteiger partial charge in [-0.15, -0.1) is 5.10 Å². The highest BCUT2D eigenvalue weighted by atomic mass is 19.1. The molecule has 0 radical (unpaired) electrons. The lowest BCUT2D eigenvalue weighted by molar-refractivity contribution is -0.125. The predicted molar refractivity (Wildman–Crippen MR) is 96.3 cm³/mol. The Hall–Kier alpha value is -2.54. The summed E-state index contributed by atoms with van der Waals surface area (Å²) in [6, 6.07) is 10.2. The van der Waals surface area contributed by atoms with Gasteiger partial charge in [0.15, 0.2) is 0 Å². The van der Waals surface area contributed by atoms with Gasteiger partial charge in [0, 0.05) is 18.5 Å². The monoisotopic (exact) mass is 358 g/mol. The summed E-state index contributed by atoms with van der Waals surface area (Å²) in [4.78, 5) is 12.6. The number of nitrogens with one attached hydrogen (secondary N) is 1. The van der Waals surface area contributed by atoms with E-state index in [0.717, 1.165) is 12.0 Å². The summed E-state index contributed by atoms with van der Waals surface area (Å²) < 4.78 is 18.8. The van der Waals surface area contributed by atoms with E-state index in [9.17, 15) is 9.18 Å². The van der Waals surface area contributed by atoms with E-state index in [1.165, 1.54) is 12.1 Å². The number of carbonyl (C=O) groups excluding carboxylic acids is 1. The number of nitrogens with zero attached hydrogens (tertiary/aromatic N) is 3. The molecule has 1 aliphatic rings. The highest BCUT2D eigenvalue weighted by molar-refractivity contribution is 5.47. The van der Waals surface area contributed by atoms with Gasteiger partial charge in [-0.3, -0.25) is 4.79 Å². The van der Waals surface area contributed by atoms with Crippen LogP contribution in [0.2, 0.25) is 0 Å². The summed E-state index contributed by atoms with van der Waals surface area (Å²) in [7, 11) is 0. The topological polar surface area (TPSA) is 67.4 Å². The first kappa shape index (κ1) is 18.3. The van der Waals surface area contributed by atoms with Crippen molar-refractivity contribution < 1.29 is 13.9 Å². The maximum atomic E-state index is 13.1. The van der Waals surface area contributed by atoms with Crippen LogP contribution in [0.25, 0.3) is 0 Å². The number of carbonyl (C=O) groups is 1. The molecule has 7 heteroatoms. The molecule has 1 aromatic heterocycles. The third kappa shape index (κ3) is 4.35. The number of anilines is 1. The van der Waals surface area contributed by atoms with E-state index in [-0.39, 0.29) is 17.3 Å². The van der Waals surface area contributed by atoms with Crippen LogP contribution in [0.3, 0.4) is 0 Å². The number of hydrogen-bond acceptors (Lipinski definition) is 5. The highest BCUT2D eigenvalue weighted by Crippen LogP contribution is 2.24. The van der Waals surface area contributed by atoms with Gasteiger partial charge in [-0.1, -0.05) is 26.0 Å². The minimum Gasteiger partial charge on any atom is -0.368 e. The second-order valence-corrected chi connectivity index (χ2v) is 7.05. The lowest BCUT2D eigenvalue weighted by Crippen LogP contribution is -2.37. The Morgan fingerprint density at radius 3 is 2.69 bits per heavy atom. The Labute approximate surface area is 152 Å². The third-order valence-corrected chi connectivity index (χ3v) is 4.60. The van der Waals surface area contributed by atoms with Crippen molar-refractivity contribution in [2.24, 2.45) is 0 Å². The minimum atomic E-state index is -0.244. The standard InChI is InChI=1S/C19H23FN4O2/c1-19(2,14-3-5-15(20)6-4-14)12-21-18-8-7-16(22-23-18)17-11-24(13-25)9-10-26-17/h3-8,13,17H,9-12H2,1-2H3,(H,21,23). The maximum Gasteiger partial charge on any atom is 0.209 e. The van der Waals surface area contributed by atoms with Crippen molar-refractivity contribution >= 4 is 12.2 Å². The van der Waals surface area contributed by atoms with Crippen molar-refractivity contribution in [3.8, 4) is 0 Å². The van der Waals surface area contributed by atoms with Gasteiger partial charge in [0.1, 0.15) is 17.7 Å². The van der Waals surface area contributed by atoms with Crippen LogP contribution >= 0.6 is 0 Å². The van der Waals surface area contributed by atoms with Crippen molar-refractivity contribution in [1.82, 2.24) is 15.1 Å². The Balaban J connectivity index is 1.60. The van der Waals surface area contributed by atoms with Crippen LogP contribution in [0.4, 0.5) is 10.2 Å². The molecule has 2 heterocycles. The first-order valence-corrected chi connectivity index (χ1v) is 8.62. The Bertz CT molecular complexity index is 734. The second kappa shape index (κ2) is 7.78. The van der Waals surface area contributed by atoms with Crippen LogP contribution in [0.1, 0.15) is 31.2 Å². The fourth-order valence-electron chi connectivity index (χ4n) is 2.87. The second-order valence-electron chi connectivity index (χ2n) is 7.05. The van der Waals surface area contributed by atoms with Crippen LogP contribution in [-0.4, -0.2) is 47.7 Å². The van der Waals surface area contributed by atoms with E-state index >= 15 is 0 Å². The summed E-state index contributed by atoms with van der Waals surface area (Å²) in [6.45, 7) is 6.38. The predicted octanol–water partition coefficient (Wildman–Crippen LogP) is 2.54. The van der Waals surface area contributed by atoms with E-state index in [1.807, 2.05) is 12.1 Å². The van der Waals surface area contributed by atoms with Gasteiger partial charge in [0.25, 0.3) is 0 Å². The van der Waals surface area contributed by atoms with E-state index < -0.39 is 0 Å². The molecule has 1 atom stereocenters. The molecule has 1 unspecified atom stereocenters. The molecule has 0 spiro atoms. The quantitative estimate of drug-likeness (QED) is 0.804. The summed E-state index contributed by atoms with van der Waals surface area (Å²) in [5.74, 6) is 0.420. The summed E-state index contributed by atoms with van der Waals surface area (Å²) >= 11 is 0. The normalized spacial score (nSPS) is 17.8. The zero-order valence-electron chi connectivity index (χ0n) is 15.0. The molecular formula is C19H23FN4O2. The van der Waals surface area contributed by atoms with Crippen LogP contribution < -0.4 is 5.32 Å². The molecule has 138 valence electrons. The SMILES string of the molecule is CC(C)(CNc1ccc(C2CN(C=O)CCO2)nn1)c1ccc(F)cc1. The largest absolute Gasteiger partial charge is 0.368 e. The lowest BCUT2D eigenvalue weighted by atomic mass is 9.84. The number of aromatic nitrogens is 2. The van der Waals surface area contributed by atoms with E-state index in [4.69, 9.17) is 4.74 Å². The van der Waals surface area contributed by atoms with Crippen molar-refractivity contribution in [3.05, 3.63) is 53.5 Å². The fraction of sp³-hybridized carbons (Fsp3) is 0.421. The molecule has 1 fully saturated rings. The van der Waals surface area contributed by atoms with Crippen molar-refractivity contribution in [1.29, 1.82) is 0 Å². The molecule has 2 aromatic rings. The van der Waals surface area contributed by atoms with Crippen LogP contribution in [-0.2, 0) is 14.9 Å². The zero-order chi connectivity index (χ0) is 18.6. The van der Waals surface area contributed by atoms with Gasteiger partial charge in [0.2, 0.25) is 6.41 Å². The van der Waals surface area contributed by atoms with Gasteiger partial charge in [0.05, 0.1) is 18.8 Å². The van der Waals surface area contributed by atoms with Gasteiger partial charge in [-0.2, -0.15) is 5.10 Å². The smallest absolute Gasteiger partial charge is 0.209 e. The first-order valence-electron chi connectivity index (χ1n) is 8.62. The maximum absolute atomic E-state index is 13.1. The van der Waals surface area contributed by atoms with Crippen LogP contribution in [0, 0.1) is 5.82 Å². The summed E-state index contributed by atoms with van der Waals surface area (Å²) in [6.07, 6.45) is 0.585. The Kier molecular flexibility index (Phi) is 5.46. The van der Waals surface area contributed by atoms with Gasteiger partial charge < -0.3 is 15.0 Å². The lowest BCUT2D eigenvalue weighted by Gasteiger charge is -2.29. The summed E-state index contributed by atoms with van der Waals surface area (Å²) in [5.41, 5.74) is 1.56. The number of hydrogen-bond donors (Lipinski definition) is 1. The number of rotatable bonds is 6. The molecule has 6 nitrogen and oxygen atoms in total. The number of halogens is 1. The van der Waals surface area contributed by atoms with Crippen molar-refractivity contribution in [3.63, 3.8) is 0 Å². The first-order chi connectivity index (χ1) is 12.5. The molecular weight excluding hydrogens is 335 g/mol. The van der Waals surface area contributed by atoms with Gasteiger partial charge >= 0.3 is 0 Å². The molecule has 26 heavy (non-hydrogen) atoms. The zero-order valence-corrected chi connectivity index (χ0v) is 15.0. The van der Waals surface area contributed by atoms with E-state index in [0.29, 0.717) is 37.8 Å². The van der Waals surface area contributed by atoms with E-state index in [1.54, 1.807) is 17.0 Å². The van der Waals surface area contributed by atoms with Crippen molar-refractivity contribution in [2.45, 2.75) is 25.4 Å². The molecule has 1 N–H and O–H groups in total. The van der Waals surface area contributed by atoms with Crippen LogP contribution in [0.5, 0.6) is 0 Å². The Morgan fingerprint density at radius 2 is 2.04 bits per heavy atom. The number of ether oxygens (including phenoxy) is 1. The number of benzene rings is 1. The number of amides is 1.